The van der Waals surface area contributed by atoms with Crippen LogP contribution in [0, 0.1) is 11.6 Å². The van der Waals surface area contributed by atoms with Gasteiger partial charge in [-0.25, -0.2) is 31.9 Å². The molecule has 9 nitrogen and oxygen atoms in total. The summed E-state index contributed by atoms with van der Waals surface area (Å²) in [5.41, 5.74) is 0.123. The van der Waals surface area contributed by atoms with Crippen LogP contribution in [0.4, 0.5) is 23.5 Å². The average Bonchev–Trinajstić information content (AvgIpc) is 3.16. The van der Waals surface area contributed by atoms with Crippen LogP contribution in [0.1, 0.15) is 23.9 Å². The maximum absolute atomic E-state index is 14.2. The Labute approximate surface area is 167 Å². The summed E-state index contributed by atoms with van der Waals surface area (Å²) in [5, 5.41) is 9.39. The summed E-state index contributed by atoms with van der Waals surface area (Å²) in [6.45, 7) is -0.284. The van der Waals surface area contributed by atoms with Gasteiger partial charge in [0.15, 0.2) is 0 Å². The van der Waals surface area contributed by atoms with Crippen LogP contribution in [0.3, 0.4) is 0 Å². The molecule has 2 aromatic heterocycles. The van der Waals surface area contributed by atoms with Crippen LogP contribution in [0.2, 0.25) is 0 Å². The Morgan fingerprint density at radius 1 is 1.13 bits per heavy atom. The van der Waals surface area contributed by atoms with E-state index in [0.29, 0.717) is 6.07 Å². The zero-order chi connectivity index (χ0) is 21.9. The SMILES string of the molecule is CS(=O)(=O)NC[C@H](Nc1ncc(-c2nnc(C(F)F)o2)cn1)c1ccc(F)cc1F. The molecule has 0 saturated heterocycles. The van der Waals surface area contributed by atoms with Gasteiger partial charge in [0, 0.05) is 30.6 Å². The van der Waals surface area contributed by atoms with Crippen LogP contribution >= 0.6 is 0 Å². The highest BCUT2D eigenvalue weighted by Gasteiger charge is 2.20. The molecule has 0 amide bonds. The highest BCUT2D eigenvalue weighted by atomic mass is 32.2. The summed E-state index contributed by atoms with van der Waals surface area (Å²) in [6, 6.07) is 1.85. The molecule has 0 saturated carbocycles. The molecule has 0 fully saturated rings. The summed E-state index contributed by atoms with van der Waals surface area (Å²) in [4.78, 5) is 7.91. The second-order valence-electron chi connectivity index (χ2n) is 6.02. The zero-order valence-corrected chi connectivity index (χ0v) is 16.0. The lowest BCUT2D eigenvalue weighted by atomic mass is 10.1. The molecule has 0 radical (unpaired) electrons. The van der Waals surface area contributed by atoms with E-state index >= 15 is 0 Å². The number of halogens is 4. The highest BCUT2D eigenvalue weighted by molar-refractivity contribution is 7.88. The molecule has 14 heteroatoms. The number of hydrogen-bond donors (Lipinski definition) is 2. The summed E-state index contributed by atoms with van der Waals surface area (Å²) in [6.07, 6.45) is 0.385. The molecule has 30 heavy (non-hydrogen) atoms. The number of nitrogens with one attached hydrogen (secondary N) is 2. The quantitative estimate of drug-likeness (QED) is 0.506. The topological polar surface area (TPSA) is 123 Å². The Morgan fingerprint density at radius 3 is 2.40 bits per heavy atom. The first kappa shape index (κ1) is 21.6. The van der Waals surface area contributed by atoms with E-state index in [1.54, 1.807) is 0 Å². The van der Waals surface area contributed by atoms with E-state index in [2.05, 4.69) is 30.2 Å². The fourth-order valence-corrected chi connectivity index (χ4v) is 2.84. The van der Waals surface area contributed by atoms with Gasteiger partial charge in [-0.1, -0.05) is 6.07 Å². The van der Waals surface area contributed by atoms with Gasteiger partial charge in [0.05, 0.1) is 17.9 Å². The Kier molecular flexibility index (Phi) is 6.26. The molecule has 0 aliphatic carbocycles. The van der Waals surface area contributed by atoms with Crippen LogP contribution in [0.25, 0.3) is 11.5 Å². The minimum absolute atomic E-state index is 0.0290. The van der Waals surface area contributed by atoms with E-state index in [-0.39, 0.29) is 29.5 Å². The van der Waals surface area contributed by atoms with Gasteiger partial charge in [-0.3, -0.25) is 0 Å². The van der Waals surface area contributed by atoms with Crippen molar-refractivity contribution in [2.24, 2.45) is 0 Å². The van der Waals surface area contributed by atoms with E-state index in [4.69, 9.17) is 4.42 Å². The van der Waals surface area contributed by atoms with E-state index in [9.17, 15) is 26.0 Å². The van der Waals surface area contributed by atoms with Crippen molar-refractivity contribution < 1.29 is 30.4 Å². The fourth-order valence-electron chi connectivity index (χ4n) is 2.37. The lowest BCUT2D eigenvalue weighted by Gasteiger charge is -2.20. The minimum Gasteiger partial charge on any atom is -0.415 e. The molecule has 2 N–H and O–H groups in total. The summed E-state index contributed by atoms with van der Waals surface area (Å²) in [5.74, 6) is -2.82. The van der Waals surface area contributed by atoms with Gasteiger partial charge in [0.25, 0.3) is 11.8 Å². The van der Waals surface area contributed by atoms with Crippen LogP contribution < -0.4 is 10.0 Å². The fraction of sp³-hybridized carbons (Fsp3) is 0.250. The molecule has 0 spiro atoms. The first-order chi connectivity index (χ1) is 14.1. The maximum Gasteiger partial charge on any atom is 0.314 e. The van der Waals surface area contributed by atoms with Crippen molar-refractivity contribution in [1.29, 1.82) is 0 Å². The Balaban J connectivity index is 1.82. The summed E-state index contributed by atoms with van der Waals surface area (Å²) in [7, 11) is -3.60. The first-order valence-corrected chi connectivity index (χ1v) is 10.1. The van der Waals surface area contributed by atoms with E-state index in [1.165, 1.54) is 12.4 Å². The van der Waals surface area contributed by atoms with Crippen molar-refractivity contribution in [3.05, 3.63) is 53.7 Å². The first-order valence-electron chi connectivity index (χ1n) is 8.22. The number of nitrogens with zero attached hydrogens (tertiary/aromatic N) is 4. The number of alkyl halides is 2. The minimum atomic E-state index is -3.60. The second-order valence-corrected chi connectivity index (χ2v) is 7.86. The van der Waals surface area contributed by atoms with Crippen LogP contribution in [-0.2, 0) is 10.0 Å². The summed E-state index contributed by atoms with van der Waals surface area (Å²) < 4.78 is 82.3. The number of rotatable bonds is 8. The van der Waals surface area contributed by atoms with E-state index in [0.717, 1.165) is 18.4 Å². The van der Waals surface area contributed by atoms with Crippen molar-refractivity contribution in [2.45, 2.75) is 12.5 Å². The Hall–Kier alpha value is -3.13. The van der Waals surface area contributed by atoms with Gasteiger partial charge in [0.1, 0.15) is 11.6 Å². The number of sulfonamides is 1. The Bertz CT molecular complexity index is 1120. The molecule has 160 valence electrons. The van der Waals surface area contributed by atoms with Crippen LogP contribution in [0.5, 0.6) is 0 Å². The largest absolute Gasteiger partial charge is 0.415 e. The van der Waals surface area contributed by atoms with Gasteiger partial charge < -0.3 is 9.73 Å². The zero-order valence-electron chi connectivity index (χ0n) is 15.2. The molecule has 0 unspecified atom stereocenters. The van der Waals surface area contributed by atoms with Crippen LogP contribution in [0.15, 0.2) is 35.0 Å². The van der Waals surface area contributed by atoms with Gasteiger partial charge in [-0.15, -0.1) is 10.2 Å². The second kappa shape index (κ2) is 8.71. The van der Waals surface area contributed by atoms with E-state index in [1.807, 2.05) is 0 Å². The molecule has 0 bridgehead atoms. The third kappa shape index (κ3) is 5.48. The molecular formula is C16H14F4N6O3S. The lowest BCUT2D eigenvalue weighted by Crippen LogP contribution is -2.31. The molecule has 0 aliphatic rings. The number of benzene rings is 1. The molecular weight excluding hydrogens is 432 g/mol. The van der Waals surface area contributed by atoms with Gasteiger partial charge in [-0.2, -0.15) is 8.78 Å². The molecule has 3 aromatic rings. The van der Waals surface area contributed by atoms with E-state index < -0.39 is 40.0 Å². The summed E-state index contributed by atoms with van der Waals surface area (Å²) >= 11 is 0. The highest BCUT2D eigenvalue weighted by Crippen LogP contribution is 2.24. The lowest BCUT2D eigenvalue weighted by molar-refractivity contribution is 0.116. The average molecular weight is 446 g/mol. The molecule has 1 aromatic carbocycles. The maximum atomic E-state index is 14.2. The van der Waals surface area contributed by atoms with Crippen molar-refractivity contribution >= 4 is 16.0 Å². The monoisotopic (exact) mass is 446 g/mol. The molecule has 0 aliphatic heterocycles. The number of aromatic nitrogens is 4. The normalized spacial score (nSPS) is 12.9. The Morgan fingerprint density at radius 2 is 1.83 bits per heavy atom. The third-order valence-corrected chi connectivity index (χ3v) is 4.41. The molecule has 2 heterocycles. The van der Waals surface area contributed by atoms with Crippen molar-refractivity contribution in [2.75, 3.05) is 18.1 Å². The molecule has 1 atom stereocenters. The van der Waals surface area contributed by atoms with Crippen molar-refractivity contribution in [1.82, 2.24) is 24.9 Å². The standard InChI is InChI=1S/C16H14F4N6O3S/c1-30(27,28)23-7-12(10-3-2-9(17)4-11(10)18)24-16-21-5-8(6-22-16)14-25-26-15(29-14)13(19)20/h2-6,12-13,23H,7H2,1H3,(H,21,22,24)/t12-/m0/s1. The third-order valence-electron chi connectivity index (χ3n) is 3.72. The predicted molar refractivity (Wildman–Crippen MR) is 95.8 cm³/mol. The number of anilines is 1. The van der Waals surface area contributed by atoms with Crippen molar-refractivity contribution in [3.63, 3.8) is 0 Å². The van der Waals surface area contributed by atoms with Gasteiger partial charge in [0.2, 0.25) is 16.0 Å². The molecule has 3 rings (SSSR count). The smallest absolute Gasteiger partial charge is 0.314 e. The predicted octanol–water partition coefficient (Wildman–Crippen LogP) is 2.44. The van der Waals surface area contributed by atoms with Crippen LogP contribution in [-0.4, -0.2) is 41.4 Å². The van der Waals surface area contributed by atoms with Gasteiger partial charge >= 0.3 is 6.43 Å². The number of hydrogen-bond acceptors (Lipinski definition) is 8. The van der Waals surface area contributed by atoms with Gasteiger partial charge in [-0.05, 0) is 6.07 Å². The van der Waals surface area contributed by atoms with Crippen molar-refractivity contribution in [3.8, 4) is 11.5 Å².